The van der Waals surface area contributed by atoms with Crippen molar-refractivity contribution in [2.24, 2.45) is 5.92 Å². The first-order valence-electron chi connectivity index (χ1n) is 6.90. The summed E-state index contributed by atoms with van der Waals surface area (Å²) < 4.78 is 0. The Bertz CT molecular complexity index is 377. The van der Waals surface area contributed by atoms with Gasteiger partial charge in [0.2, 0.25) is 5.91 Å². The van der Waals surface area contributed by atoms with E-state index < -0.39 is 0 Å². The summed E-state index contributed by atoms with van der Waals surface area (Å²) in [6, 6.07) is 10.0. The molecule has 1 heterocycles. The molecular weight excluding hydrogens is 260 g/mol. The van der Waals surface area contributed by atoms with Crippen molar-refractivity contribution in [1.82, 2.24) is 5.32 Å². The van der Waals surface area contributed by atoms with Crippen LogP contribution in [0.2, 0.25) is 0 Å². The fourth-order valence-electron chi connectivity index (χ4n) is 2.38. The van der Waals surface area contributed by atoms with Crippen molar-refractivity contribution < 1.29 is 4.79 Å². The Balaban J connectivity index is 0.00000180. The average molecular weight is 283 g/mol. The van der Waals surface area contributed by atoms with E-state index in [1.54, 1.807) is 0 Å². The van der Waals surface area contributed by atoms with Gasteiger partial charge in [-0.15, -0.1) is 12.4 Å². The Morgan fingerprint density at radius 1 is 1.37 bits per heavy atom. The number of carbonyl (C=O) groups excluding carboxylic acids is 1. The molecule has 1 aromatic carbocycles. The number of anilines is 1. The predicted molar refractivity (Wildman–Crippen MR) is 81.9 cm³/mol. The number of amides is 1. The summed E-state index contributed by atoms with van der Waals surface area (Å²) in [4.78, 5) is 14.5. The molecule has 1 fully saturated rings. The van der Waals surface area contributed by atoms with Gasteiger partial charge in [-0.05, 0) is 31.5 Å². The van der Waals surface area contributed by atoms with Crippen LogP contribution in [-0.2, 0) is 4.79 Å². The van der Waals surface area contributed by atoms with E-state index >= 15 is 0 Å². The van der Waals surface area contributed by atoms with Crippen LogP contribution in [0.4, 0.5) is 5.69 Å². The molecule has 1 unspecified atom stereocenters. The Morgan fingerprint density at radius 3 is 2.68 bits per heavy atom. The summed E-state index contributed by atoms with van der Waals surface area (Å²) in [5.74, 6) is 0.432. The van der Waals surface area contributed by atoms with Gasteiger partial charge < -0.3 is 10.2 Å². The molecule has 1 atom stereocenters. The lowest BCUT2D eigenvalue weighted by Gasteiger charge is -2.25. The third kappa shape index (κ3) is 4.22. The van der Waals surface area contributed by atoms with Crippen molar-refractivity contribution in [3.05, 3.63) is 30.3 Å². The second-order valence-electron chi connectivity index (χ2n) is 4.87. The highest BCUT2D eigenvalue weighted by Gasteiger charge is 2.27. The molecule has 0 bridgehead atoms. The van der Waals surface area contributed by atoms with Gasteiger partial charge in [-0.1, -0.05) is 31.5 Å². The Kier molecular flexibility index (Phi) is 6.89. The maximum absolute atomic E-state index is 12.5. The summed E-state index contributed by atoms with van der Waals surface area (Å²) in [5, 5.41) is 3.27. The first-order chi connectivity index (χ1) is 8.83. The fourth-order valence-corrected chi connectivity index (χ4v) is 2.38. The third-order valence-corrected chi connectivity index (χ3v) is 3.48. The number of hydrogen-bond acceptors (Lipinski definition) is 2. The first-order valence-corrected chi connectivity index (χ1v) is 6.90. The average Bonchev–Trinajstić information content (AvgIpc) is 2.94. The number of nitrogens with one attached hydrogen (secondary N) is 1. The highest BCUT2D eigenvalue weighted by atomic mass is 35.5. The smallest absolute Gasteiger partial charge is 0.231 e. The van der Waals surface area contributed by atoms with E-state index in [-0.39, 0.29) is 24.2 Å². The number of nitrogens with zero attached hydrogens (tertiary/aromatic N) is 1. The lowest BCUT2D eigenvalue weighted by molar-refractivity contribution is -0.121. The van der Waals surface area contributed by atoms with Crippen molar-refractivity contribution in [2.45, 2.75) is 26.2 Å². The van der Waals surface area contributed by atoms with Crippen LogP contribution in [0.5, 0.6) is 0 Å². The van der Waals surface area contributed by atoms with E-state index in [4.69, 9.17) is 0 Å². The van der Waals surface area contributed by atoms with Crippen LogP contribution in [-0.4, -0.2) is 25.5 Å². The fraction of sp³-hybridized carbons (Fsp3) is 0.533. The standard InChI is InChI=1S/C15H22N2O.ClH/c1-2-3-11-17(14-7-5-4-6-8-14)15(18)13-9-10-16-12-13;/h4-8,13,16H,2-3,9-12H2,1H3;1H. The lowest BCUT2D eigenvalue weighted by Crippen LogP contribution is -2.37. The van der Waals surface area contributed by atoms with Crippen LogP contribution >= 0.6 is 12.4 Å². The number of benzene rings is 1. The van der Waals surface area contributed by atoms with E-state index in [0.29, 0.717) is 0 Å². The second kappa shape index (κ2) is 8.18. The van der Waals surface area contributed by atoms with Crippen molar-refractivity contribution in [3.63, 3.8) is 0 Å². The van der Waals surface area contributed by atoms with Crippen molar-refractivity contribution >= 4 is 24.0 Å². The normalized spacial score (nSPS) is 17.8. The SMILES string of the molecule is CCCCN(C(=O)C1CCNC1)c1ccccc1.Cl. The van der Waals surface area contributed by atoms with Gasteiger partial charge in [-0.3, -0.25) is 4.79 Å². The van der Waals surface area contributed by atoms with Crippen molar-refractivity contribution in [3.8, 4) is 0 Å². The zero-order chi connectivity index (χ0) is 12.8. The Morgan fingerprint density at radius 2 is 2.11 bits per heavy atom. The molecule has 19 heavy (non-hydrogen) atoms. The number of halogens is 1. The zero-order valence-corrected chi connectivity index (χ0v) is 12.3. The van der Waals surface area contributed by atoms with Crippen LogP contribution in [0.3, 0.4) is 0 Å². The predicted octanol–water partition coefficient (Wildman–Crippen LogP) is 2.85. The molecule has 0 aromatic heterocycles. The number of carbonyl (C=O) groups is 1. The number of hydrogen-bond donors (Lipinski definition) is 1. The minimum Gasteiger partial charge on any atom is -0.316 e. The van der Waals surface area contributed by atoms with Crippen molar-refractivity contribution in [2.75, 3.05) is 24.5 Å². The first kappa shape index (κ1) is 16.0. The van der Waals surface area contributed by atoms with Crippen molar-refractivity contribution in [1.29, 1.82) is 0 Å². The van der Waals surface area contributed by atoms with E-state index in [1.165, 1.54) is 0 Å². The highest BCUT2D eigenvalue weighted by molar-refractivity contribution is 5.95. The quantitative estimate of drug-likeness (QED) is 0.901. The summed E-state index contributed by atoms with van der Waals surface area (Å²) in [5.41, 5.74) is 1.03. The number of unbranched alkanes of at least 4 members (excludes halogenated alkanes) is 1. The van der Waals surface area contributed by atoms with Gasteiger partial charge in [-0.25, -0.2) is 0 Å². The molecule has 0 spiro atoms. The molecule has 3 nitrogen and oxygen atoms in total. The topological polar surface area (TPSA) is 32.3 Å². The monoisotopic (exact) mass is 282 g/mol. The van der Waals surface area contributed by atoms with E-state index in [0.717, 1.165) is 44.6 Å². The maximum Gasteiger partial charge on any atom is 0.231 e. The van der Waals surface area contributed by atoms with E-state index in [9.17, 15) is 4.79 Å². The number of rotatable bonds is 5. The van der Waals surface area contributed by atoms with Crippen LogP contribution in [0.1, 0.15) is 26.2 Å². The molecular formula is C15H23ClN2O. The van der Waals surface area contributed by atoms with Crippen LogP contribution in [0.25, 0.3) is 0 Å². The summed E-state index contributed by atoms with van der Waals surface area (Å²) in [6.07, 6.45) is 3.13. The summed E-state index contributed by atoms with van der Waals surface area (Å²) in [6.45, 7) is 4.78. The van der Waals surface area contributed by atoms with Gasteiger partial charge in [0.05, 0.1) is 5.92 Å². The minimum atomic E-state index is 0. The maximum atomic E-state index is 12.5. The largest absolute Gasteiger partial charge is 0.316 e. The molecule has 1 amide bonds. The molecule has 0 aliphatic carbocycles. The van der Waals surface area contributed by atoms with Gasteiger partial charge in [-0.2, -0.15) is 0 Å². The van der Waals surface area contributed by atoms with Crippen LogP contribution < -0.4 is 10.2 Å². The van der Waals surface area contributed by atoms with E-state index in [1.807, 2.05) is 35.2 Å². The molecule has 1 aromatic rings. The molecule has 0 radical (unpaired) electrons. The molecule has 1 aliphatic rings. The molecule has 106 valence electrons. The lowest BCUT2D eigenvalue weighted by atomic mass is 10.1. The minimum absolute atomic E-state index is 0. The molecule has 1 aliphatic heterocycles. The molecule has 4 heteroatoms. The van der Waals surface area contributed by atoms with Gasteiger partial charge in [0.1, 0.15) is 0 Å². The third-order valence-electron chi connectivity index (χ3n) is 3.48. The van der Waals surface area contributed by atoms with Gasteiger partial charge >= 0.3 is 0 Å². The zero-order valence-electron chi connectivity index (χ0n) is 11.5. The van der Waals surface area contributed by atoms with Gasteiger partial charge in [0.15, 0.2) is 0 Å². The van der Waals surface area contributed by atoms with Crippen LogP contribution in [0, 0.1) is 5.92 Å². The van der Waals surface area contributed by atoms with Gasteiger partial charge in [0.25, 0.3) is 0 Å². The van der Waals surface area contributed by atoms with Gasteiger partial charge in [0, 0.05) is 18.8 Å². The number of para-hydroxylation sites is 1. The molecule has 0 saturated carbocycles. The Hall–Kier alpha value is -1.06. The Labute approximate surface area is 121 Å². The molecule has 1 N–H and O–H groups in total. The highest BCUT2D eigenvalue weighted by Crippen LogP contribution is 2.20. The molecule has 1 saturated heterocycles. The van der Waals surface area contributed by atoms with E-state index in [2.05, 4.69) is 12.2 Å². The van der Waals surface area contributed by atoms with Crippen LogP contribution in [0.15, 0.2) is 30.3 Å². The summed E-state index contributed by atoms with van der Waals surface area (Å²) >= 11 is 0. The second-order valence-corrected chi connectivity index (χ2v) is 4.87. The molecule has 2 rings (SSSR count). The summed E-state index contributed by atoms with van der Waals surface area (Å²) in [7, 11) is 0.